The number of sulfonamides is 1. The van der Waals surface area contributed by atoms with E-state index < -0.39 is 27.6 Å². The van der Waals surface area contributed by atoms with Gasteiger partial charge in [-0.25, -0.2) is 8.42 Å². The standard InChI is InChI=1S/C15H25BrNO5PS/c1-7-22-23(18,21-6)15(5,12-8-10-13(16)11-9-12)17-24(19,20)14(2,3)4/h8-11,17H,7H2,1-6H3/t15-,23-/m1/s1. The fraction of sp³-hybridized carbons (Fsp3) is 0.600. The lowest BCUT2D eigenvalue weighted by Gasteiger charge is -2.38. The van der Waals surface area contributed by atoms with Crippen molar-refractivity contribution in [2.75, 3.05) is 13.7 Å². The van der Waals surface area contributed by atoms with Crippen LogP contribution in [0.5, 0.6) is 0 Å². The molecule has 0 heterocycles. The zero-order chi connectivity index (χ0) is 18.8. The number of hydrogen-bond donors (Lipinski definition) is 1. The molecule has 1 rings (SSSR count). The van der Waals surface area contributed by atoms with Crippen molar-refractivity contribution in [3.05, 3.63) is 34.3 Å². The van der Waals surface area contributed by atoms with Gasteiger partial charge in [-0.3, -0.25) is 4.57 Å². The molecular formula is C15H25BrNO5PS. The second kappa shape index (κ2) is 7.56. The van der Waals surface area contributed by atoms with Crippen LogP contribution in [0, 0.1) is 0 Å². The molecule has 0 unspecified atom stereocenters. The molecule has 138 valence electrons. The van der Waals surface area contributed by atoms with Gasteiger partial charge in [0.05, 0.1) is 11.4 Å². The van der Waals surface area contributed by atoms with E-state index in [0.717, 1.165) is 4.47 Å². The molecule has 1 aromatic carbocycles. The molecule has 0 amide bonds. The maximum Gasteiger partial charge on any atom is 0.355 e. The molecule has 0 spiro atoms. The minimum absolute atomic E-state index is 0.120. The van der Waals surface area contributed by atoms with Crippen LogP contribution in [0.1, 0.15) is 40.2 Å². The van der Waals surface area contributed by atoms with Gasteiger partial charge in [-0.1, -0.05) is 28.1 Å². The van der Waals surface area contributed by atoms with Gasteiger partial charge in [-0.2, -0.15) is 4.72 Å². The van der Waals surface area contributed by atoms with E-state index >= 15 is 0 Å². The smallest absolute Gasteiger partial charge is 0.310 e. The number of nitrogens with one attached hydrogen (secondary N) is 1. The SMILES string of the molecule is CCO[P@](=O)(OC)[C@@](C)(NS(=O)(=O)C(C)(C)C)c1ccc(Br)cc1. The van der Waals surface area contributed by atoms with Crippen molar-refractivity contribution in [3.63, 3.8) is 0 Å². The summed E-state index contributed by atoms with van der Waals surface area (Å²) in [5.41, 5.74) is 0.483. The van der Waals surface area contributed by atoms with Gasteiger partial charge in [-0.05, 0) is 52.3 Å². The minimum Gasteiger partial charge on any atom is -0.310 e. The molecule has 0 saturated heterocycles. The lowest BCUT2D eigenvalue weighted by molar-refractivity contribution is 0.216. The van der Waals surface area contributed by atoms with Gasteiger partial charge >= 0.3 is 7.60 Å². The van der Waals surface area contributed by atoms with E-state index in [-0.39, 0.29) is 6.61 Å². The Labute approximate surface area is 153 Å². The van der Waals surface area contributed by atoms with Crippen molar-refractivity contribution in [2.45, 2.75) is 44.6 Å². The normalized spacial score (nSPS) is 18.0. The summed E-state index contributed by atoms with van der Waals surface area (Å²) in [6.45, 7) is 8.00. The van der Waals surface area contributed by atoms with Crippen LogP contribution in [0.4, 0.5) is 0 Å². The molecule has 0 aromatic heterocycles. The zero-order valence-corrected chi connectivity index (χ0v) is 18.1. The summed E-state index contributed by atoms with van der Waals surface area (Å²) in [6, 6.07) is 6.84. The van der Waals surface area contributed by atoms with Crippen LogP contribution in [0.2, 0.25) is 0 Å². The first kappa shape index (κ1) is 21.8. The third kappa shape index (κ3) is 4.29. The van der Waals surface area contributed by atoms with Gasteiger partial charge in [0.25, 0.3) is 0 Å². The van der Waals surface area contributed by atoms with Crippen LogP contribution in [-0.2, 0) is 28.9 Å². The average Bonchev–Trinajstić information content (AvgIpc) is 2.46. The quantitative estimate of drug-likeness (QED) is 0.640. The lowest BCUT2D eigenvalue weighted by atomic mass is 10.1. The van der Waals surface area contributed by atoms with Crippen LogP contribution in [0.3, 0.4) is 0 Å². The van der Waals surface area contributed by atoms with Gasteiger partial charge in [-0.15, -0.1) is 0 Å². The van der Waals surface area contributed by atoms with Gasteiger partial charge in [0.2, 0.25) is 10.0 Å². The zero-order valence-electron chi connectivity index (χ0n) is 14.8. The summed E-state index contributed by atoms with van der Waals surface area (Å²) in [5, 5.41) is -1.56. The molecule has 0 radical (unpaired) electrons. The minimum atomic E-state index is -3.83. The lowest BCUT2D eigenvalue weighted by Crippen LogP contribution is -2.50. The predicted molar refractivity (Wildman–Crippen MR) is 99.5 cm³/mol. The van der Waals surface area contributed by atoms with Gasteiger partial charge in [0, 0.05) is 11.6 Å². The van der Waals surface area contributed by atoms with E-state index in [0.29, 0.717) is 5.56 Å². The Kier molecular flexibility index (Phi) is 6.87. The highest BCUT2D eigenvalue weighted by molar-refractivity contribution is 9.10. The van der Waals surface area contributed by atoms with Crippen molar-refractivity contribution in [1.82, 2.24) is 4.72 Å². The number of benzene rings is 1. The summed E-state index contributed by atoms with van der Waals surface area (Å²) >= 11 is 3.33. The van der Waals surface area contributed by atoms with Crippen LogP contribution in [-0.4, -0.2) is 26.9 Å². The first-order valence-corrected chi connectivity index (χ1v) is 11.2. The molecule has 1 aromatic rings. The third-order valence-electron chi connectivity index (χ3n) is 3.63. The average molecular weight is 442 g/mol. The van der Waals surface area contributed by atoms with Crippen LogP contribution < -0.4 is 4.72 Å². The van der Waals surface area contributed by atoms with Gasteiger partial charge in [0.15, 0.2) is 5.28 Å². The number of rotatable bonds is 7. The summed E-state index contributed by atoms with van der Waals surface area (Å²) in [7, 11) is -6.40. The van der Waals surface area contributed by atoms with E-state index in [1.165, 1.54) is 14.0 Å². The Morgan fingerprint density at radius 2 is 1.67 bits per heavy atom. The Bertz CT molecular complexity index is 714. The fourth-order valence-electron chi connectivity index (χ4n) is 2.00. The Hall–Kier alpha value is -0.240. The molecule has 0 saturated carbocycles. The summed E-state index contributed by atoms with van der Waals surface area (Å²) in [4.78, 5) is 0. The van der Waals surface area contributed by atoms with Crippen molar-refractivity contribution < 1.29 is 22.0 Å². The maximum absolute atomic E-state index is 13.3. The Morgan fingerprint density at radius 1 is 1.17 bits per heavy atom. The molecule has 24 heavy (non-hydrogen) atoms. The summed E-state index contributed by atoms with van der Waals surface area (Å²) in [5.74, 6) is 0. The Balaban J connectivity index is 3.58. The molecule has 6 nitrogen and oxygen atoms in total. The van der Waals surface area contributed by atoms with Crippen molar-refractivity contribution in [1.29, 1.82) is 0 Å². The third-order valence-corrected chi connectivity index (χ3v) is 9.15. The molecule has 0 aliphatic heterocycles. The van der Waals surface area contributed by atoms with Crippen LogP contribution >= 0.6 is 23.5 Å². The van der Waals surface area contributed by atoms with E-state index in [1.807, 2.05) is 0 Å². The van der Waals surface area contributed by atoms with Crippen LogP contribution in [0.15, 0.2) is 28.7 Å². The molecule has 2 atom stereocenters. The van der Waals surface area contributed by atoms with E-state index in [2.05, 4.69) is 20.7 Å². The fourth-order valence-corrected chi connectivity index (χ4v) is 5.55. The van der Waals surface area contributed by atoms with Crippen molar-refractivity contribution in [3.8, 4) is 0 Å². The molecule has 9 heteroatoms. The van der Waals surface area contributed by atoms with Crippen LogP contribution in [0.25, 0.3) is 0 Å². The molecule has 0 aliphatic carbocycles. The molecule has 0 bridgehead atoms. The Morgan fingerprint density at radius 3 is 2.04 bits per heavy atom. The van der Waals surface area contributed by atoms with Crippen molar-refractivity contribution >= 4 is 33.5 Å². The molecular weight excluding hydrogens is 417 g/mol. The maximum atomic E-state index is 13.3. The molecule has 1 N–H and O–H groups in total. The highest BCUT2D eigenvalue weighted by atomic mass is 79.9. The number of halogens is 1. The van der Waals surface area contributed by atoms with Gasteiger partial charge < -0.3 is 9.05 Å². The summed E-state index contributed by atoms with van der Waals surface area (Å²) < 4.78 is 51.6. The molecule has 0 aliphatic rings. The van der Waals surface area contributed by atoms with E-state index in [4.69, 9.17) is 9.05 Å². The van der Waals surface area contributed by atoms with E-state index in [9.17, 15) is 13.0 Å². The second-order valence-corrected chi connectivity index (χ2v) is 12.3. The summed E-state index contributed by atoms with van der Waals surface area (Å²) in [6.07, 6.45) is 0. The predicted octanol–water partition coefficient (Wildman–Crippen LogP) is 4.22. The largest absolute Gasteiger partial charge is 0.355 e. The first-order chi connectivity index (χ1) is 10.8. The second-order valence-electron chi connectivity index (χ2n) is 6.39. The van der Waals surface area contributed by atoms with Gasteiger partial charge in [0.1, 0.15) is 0 Å². The highest BCUT2D eigenvalue weighted by Gasteiger charge is 2.52. The first-order valence-electron chi connectivity index (χ1n) is 7.43. The monoisotopic (exact) mass is 441 g/mol. The van der Waals surface area contributed by atoms with E-state index in [1.54, 1.807) is 52.0 Å². The topological polar surface area (TPSA) is 81.7 Å². The highest BCUT2D eigenvalue weighted by Crippen LogP contribution is 2.63. The molecule has 0 fully saturated rings. The van der Waals surface area contributed by atoms with Crippen molar-refractivity contribution in [2.24, 2.45) is 0 Å². The number of hydrogen-bond acceptors (Lipinski definition) is 5.